The molecule has 1 heterocycles. The molecule has 1 aromatic carbocycles. The van der Waals surface area contributed by atoms with E-state index in [9.17, 15) is 13.2 Å². The van der Waals surface area contributed by atoms with E-state index in [1.165, 1.54) is 24.5 Å². The number of sulfonamides is 1. The Kier molecular flexibility index (Phi) is 5.45. The lowest BCUT2D eigenvalue weighted by molar-refractivity contribution is -0.135. The monoisotopic (exact) mass is 360 g/mol. The molecule has 7 heteroatoms. The fraction of sp³-hybridized carbons (Fsp3) is 0.333. The van der Waals surface area contributed by atoms with Crippen LogP contribution in [0, 0.1) is 0 Å². The van der Waals surface area contributed by atoms with Crippen molar-refractivity contribution in [3.8, 4) is 0 Å². The highest BCUT2D eigenvalue weighted by atomic mass is 32.2. The SMILES string of the molecule is O=C(NS(=O)(=O)c1cccnc1)[C@H](OC1CCCC1)c1ccccc1. The Morgan fingerprint density at radius 1 is 1.12 bits per heavy atom. The molecule has 0 bridgehead atoms. The zero-order chi connectivity index (χ0) is 17.7. The van der Waals surface area contributed by atoms with Crippen LogP contribution in [-0.2, 0) is 19.6 Å². The van der Waals surface area contributed by atoms with Crippen LogP contribution in [0.15, 0.2) is 59.8 Å². The van der Waals surface area contributed by atoms with Crippen molar-refractivity contribution in [2.24, 2.45) is 0 Å². The number of hydrogen-bond acceptors (Lipinski definition) is 5. The molecule has 6 nitrogen and oxygen atoms in total. The highest BCUT2D eigenvalue weighted by Crippen LogP contribution is 2.28. The van der Waals surface area contributed by atoms with Gasteiger partial charge in [-0.15, -0.1) is 0 Å². The lowest BCUT2D eigenvalue weighted by Crippen LogP contribution is -2.36. The van der Waals surface area contributed by atoms with Crippen LogP contribution < -0.4 is 4.72 Å². The van der Waals surface area contributed by atoms with Crippen LogP contribution >= 0.6 is 0 Å². The number of carbonyl (C=O) groups is 1. The first-order chi connectivity index (χ1) is 12.1. The van der Waals surface area contributed by atoms with Gasteiger partial charge in [-0.3, -0.25) is 9.78 Å². The number of aromatic nitrogens is 1. The molecule has 1 aromatic heterocycles. The number of pyridine rings is 1. The summed E-state index contributed by atoms with van der Waals surface area (Å²) >= 11 is 0. The minimum Gasteiger partial charge on any atom is -0.360 e. The van der Waals surface area contributed by atoms with Gasteiger partial charge in [0.2, 0.25) is 0 Å². The molecule has 25 heavy (non-hydrogen) atoms. The summed E-state index contributed by atoms with van der Waals surface area (Å²) in [5.41, 5.74) is 0.633. The number of ether oxygens (including phenoxy) is 1. The summed E-state index contributed by atoms with van der Waals surface area (Å²) in [5.74, 6) is -0.693. The molecule has 0 aliphatic heterocycles. The van der Waals surface area contributed by atoms with Crippen LogP contribution in [0.5, 0.6) is 0 Å². The third kappa shape index (κ3) is 4.43. The molecule has 1 fully saturated rings. The standard InChI is InChI=1S/C18H20N2O4S/c21-18(20-25(22,23)16-11-6-12-19-13-16)17(14-7-2-1-3-8-14)24-15-9-4-5-10-15/h1-3,6-8,11-13,15,17H,4-5,9-10H2,(H,20,21)/t17-/m1/s1. The topological polar surface area (TPSA) is 85.4 Å². The molecule has 1 aliphatic carbocycles. The number of nitrogens with zero attached hydrogens (tertiary/aromatic N) is 1. The summed E-state index contributed by atoms with van der Waals surface area (Å²) in [4.78, 5) is 16.4. The van der Waals surface area contributed by atoms with E-state index in [4.69, 9.17) is 4.74 Å². The van der Waals surface area contributed by atoms with E-state index in [1.54, 1.807) is 24.3 Å². The highest BCUT2D eigenvalue weighted by Gasteiger charge is 2.30. The molecule has 132 valence electrons. The first-order valence-electron chi connectivity index (χ1n) is 8.23. The third-order valence-corrected chi connectivity index (χ3v) is 5.48. The Bertz CT molecular complexity index is 803. The number of carbonyl (C=O) groups excluding carboxylic acids is 1. The van der Waals surface area contributed by atoms with Crippen LogP contribution in [0.4, 0.5) is 0 Å². The number of benzene rings is 1. The molecule has 1 amide bonds. The maximum absolute atomic E-state index is 12.7. The van der Waals surface area contributed by atoms with E-state index >= 15 is 0 Å². The van der Waals surface area contributed by atoms with Crippen molar-refractivity contribution in [1.82, 2.24) is 9.71 Å². The van der Waals surface area contributed by atoms with Gasteiger partial charge in [0.1, 0.15) is 4.90 Å². The molecule has 1 atom stereocenters. The van der Waals surface area contributed by atoms with Crippen molar-refractivity contribution < 1.29 is 17.9 Å². The maximum atomic E-state index is 12.7. The van der Waals surface area contributed by atoms with Gasteiger partial charge in [-0.05, 0) is 30.5 Å². The van der Waals surface area contributed by atoms with E-state index in [0.717, 1.165) is 25.7 Å². The Morgan fingerprint density at radius 2 is 1.84 bits per heavy atom. The van der Waals surface area contributed by atoms with Crippen LogP contribution in [0.1, 0.15) is 37.4 Å². The number of nitrogens with one attached hydrogen (secondary N) is 1. The number of rotatable bonds is 6. The first-order valence-corrected chi connectivity index (χ1v) is 9.72. The quantitative estimate of drug-likeness (QED) is 0.856. The molecule has 1 aliphatic rings. The van der Waals surface area contributed by atoms with Crippen molar-refractivity contribution in [2.45, 2.75) is 42.8 Å². The lowest BCUT2D eigenvalue weighted by atomic mass is 10.1. The smallest absolute Gasteiger partial charge is 0.267 e. The molecule has 0 radical (unpaired) electrons. The average molecular weight is 360 g/mol. The van der Waals surface area contributed by atoms with E-state index < -0.39 is 22.0 Å². The fourth-order valence-electron chi connectivity index (χ4n) is 2.89. The molecule has 0 unspecified atom stereocenters. The van der Waals surface area contributed by atoms with Gasteiger partial charge in [-0.25, -0.2) is 13.1 Å². The molecule has 1 saturated carbocycles. The second-order valence-corrected chi connectivity index (χ2v) is 7.67. The Balaban J connectivity index is 1.81. The van der Waals surface area contributed by atoms with Crippen LogP contribution in [0.2, 0.25) is 0 Å². The minimum absolute atomic E-state index is 0.0305. The molecule has 0 spiro atoms. The first kappa shape index (κ1) is 17.6. The third-order valence-electron chi connectivity index (χ3n) is 4.15. The van der Waals surface area contributed by atoms with E-state index in [1.807, 2.05) is 6.07 Å². The second kappa shape index (κ2) is 7.76. The van der Waals surface area contributed by atoms with Gasteiger partial charge in [-0.2, -0.15) is 0 Å². The largest absolute Gasteiger partial charge is 0.360 e. The van der Waals surface area contributed by atoms with Crippen LogP contribution in [-0.4, -0.2) is 25.4 Å². The Hall–Kier alpha value is -2.25. The molecule has 0 saturated heterocycles. The van der Waals surface area contributed by atoms with Gasteiger partial charge in [-0.1, -0.05) is 43.2 Å². The maximum Gasteiger partial charge on any atom is 0.267 e. The Morgan fingerprint density at radius 3 is 2.48 bits per heavy atom. The summed E-state index contributed by atoms with van der Waals surface area (Å²) < 4.78 is 32.8. The van der Waals surface area contributed by atoms with Crippen LogP contribution in [0.25, 0.3) is 0 Å². The van der Waals surface area contributed by atoms with Crippen molar-refractivity contribution >= 4 is 15.9 Å². The fourth-order valence-corrected chi connectivity index (χ4v) is 3.83. The summed E-state index contributed by atoms with van der Waals surface area (Å²) in [6.45, 7) is 0. The average Bonchev–Trinajstić information content (AvgIpc) is 3.14. The Labute approximate surface area is 147 Å². The van der Waals surface area contributed by atoms with Gasteiger partial charge >= 0.3 is 0 Å². The van der Waals surface area contributed by atoms with E-state index in [-0.39, 0.29) is 11.0 Å². The van der Waals surface area contributed by atoms with Gasteiger partial charge in [0.25, 0.3) is 15.9 Å². The number of amides is 1. The van der Waals surface area contributed by atoms with Crippen molar-refractivity contribution in [1.29, 1.82) is 0 Å². The molecular formula is C18H20N2O4S. The highest BCUT2D eigenvalue weighted by molar-refractivity contribution is 7.90. The molecule has 2 aromatic rings. The summed E-state index contributed by atoms with van der Waals surface area (Å²) in [5, 5.41) is 0. The molecular weight excluding hydrogens is 340 g/mol. The molecule has 1 N–H and O–H groups in total. The predicted octanol–water partition coefficient (Wildman–Crippen LogP) is 2.59. The predicted molar refractivity (Wildman–Crippen MR) is 92.1 cm³/mol. The summed E-state index contributed by atoms with van der Waals surface area (Å²) in [7, 11) is -3.99. The second-order valence-electron chi connectivity index (χ2n) is 5.99. The number of hydrogen-bond donors (Lipinski definition) is 1. The normalized spacial score (nSPS) is 16.5. The van der Waals surface area contributed by atoms with Crippen molar-refractivity contribution in [2.75, 3.05) is 0 Å². The van der Waals surface area contributed by atoms with Crippen LogP contribution in [0.3, 0.4) is 0 Å². The van der Waals surface area contributed by atoms with E-state index in [0.29, 0.717) is 5.56 Å². The summed E-state index contributed by atoms with van der Waals surface area (Å²) in [6, 6.07) is 11.8. The minimum atomic E-state index is -3.99. The zero-order valence-corrected chi connectivity index (χ0v) is 14.5. The zero-order valence-electron chi connectivity index (χ0n) is 13.7. The van der Waals surface area contributed by atoms with Crippen molar-refractivity contribution in [3.05, 3.63) is 60.4 Å². The van der Waals surface area contributed by atoms with Gasteiger partial charge < -0.3 is 4.74 Å². The van der Waals surface area contributed by atoms with Gasteiger partial charge in [0, 0.05) is 12.4 Å². The van der Waals surface area contributed by atoms with Gasteiger partial charge in [0.15, 0.2) is 6.10 Å². The van der Waals surface area contributed by atoms with Gasteiger partial charge in [0.05, 0.1) is 6.10 Å². The van der Waals surface area contributed by atoms with E-state index in [2.05, 4.69) is 9.71 Å². The van der Waals surface area contributed by atoms with Crippen molar-refractivity contribution in [3.63, 3.8) is 0 Å². The molecule has 3 rings (SSSR count). The summed E-state index contributed by atoms with van der Waals surface area (Å²) in [6.07, 6.45) is 5.55. The lowest BCUT2D eigenvalue weighted by Gasteiger charge is -2.22.